The summed E-state index contributed by atoms with van der Waals surface area (Å²) in [7, 11) is -3.65. The van der Waals surface area contributed by atoms with Crippen molar-refractivity contribution in [3.63, 3.8) is 0 Å². The summed E-state index contributed by atoms with van der Waals surface area (Å²) < 4.78 is 35.3. The first-order valence-electron chi connectivity index (χ1n) is 9.38. The van der Waals surface area contributed by atoms with Gasteiger partial charge in [0.1, 0.15) is 17.9 Å². The molecule has 8 heteroatoms. The van der Waals surface area contributed by atoms with E-state index in [0.717, 1.165) is 12.0 Å². The Balaban J connectivity index is 1.46. The number of rotatable bonds is 7. The minimum absolute atomic E-state index is 0.221. The van der Waals surface area contributed by atoms with Gasteiger partial charge < -0.3 is 9.30 Å². The molecule has 4 aromatic rings. The lowest BCUT2D eigenvalue weighted by atomic mass is 10.2. The van der Waals surface area contributed by atoms with Crippen molar-refractivity contribution in [3.8, 4) is 17.4 Å². The maximum absolute atomic E-state index is 12.6. The molecule has 0 spiro atoms. The van der Waals surface area contributed by atoms with Crippen LogP contribution in [-0.2, 0) is 16.4 Å². The van der Waals surface area contributed by atoms with Crippen molar-refractivity contribution in [2.45, 2.75) is 18.2 Å². The van der Waals surface area contributed by atoms with Gasteiger partial charge in [-0.2, -0.15) is 0 Å². The van der Waals surface area contributed by atoms with E-state index in [1.54, 1.807) is 42.5 Å². The van der Waals surface area contributed by atoms with Gasteiger partial charge in [0.05, 0.1) is 4.90 Å². The van der Waals surface area contributed by atoms with E-state index in [-0.39, 0.29) is 4.90 Å². The van der Waals surface area contributed by atoms with E-state index in [9.17, 15) is 8.42 Å². The Morgan fingerprint density at radius 2 is 1.67 bits per heavy atom. The second-order valence-corrected chi connectivity index (χ2v) is 8.22. The minimum atomic E-state index is -3.65. The van der Waals surface area contributed by atoms with E-state index >= 15 is 0 Å². The molecule has 7 nitrogen and oxygen atoms in total. The van der Waals surface area contributed by atoms with Crippen LogP contribution in [0, 0.1) is 0 Å². The van der Waals surface area contributed by atoms with Crippen molar-refractivity contribution in [1.29, 1.82) is 0 Å². The Kier molecular flexibility index (Phi) is 5.49. The SMILES string of the molecule is CCc1ccc(S(=O)(=O)Nc2ccc(Oc3cc(-n4cccc4)ncn3)cc2)cc1. The molecule has 0 aliphatic rings. The summed E-state index contributed by atoms with van der Waals surface area (Å²) in [6.45, 7) is 2.02. The van der Waals surface area contributed by atoms with Crippen LogP contribution in [-0.4, -0.2) is 23.0 Å². The fourth-order valence-electron chi connectivity index (χ4n) is 2.84. The predicted molar refractivity (Wildman–Crippen MR) is 115 cm³/mol. The Hall–Kier alpha value is -3.65. The minimum Gasteiger partial charge on any atom is -0.439 e. The molecule has 1 N–H and O–H groups in total. The van der Waals surface area contributed by atoms with Crippen LogP contribution in [0.5, 0.6) is 11.6 Å². The number of sulfonamides is 1. The highest BCUT2D eigenvalue weighted by Gasteiger charge is 2.14. The monoisotopic (exact) mass is 420 g/mol. The molecular weight excluding hydrogens is 400 g/mol. The zero-order valence-corrected chi connectivity index (χ0v) is 17.1. The average Bonchev–Trinajstić information content (AvgIpc) is 3.30. The third-order valence-electron chi connectivity index (χ3n) is 4.47. The highest BCUT2D eigenvalue weighted by molar-refractivity contribution is 7.92. The molecule has 4 rings (SSSR count). The Morgan fingerprint density at radius 1 is 0.967 bits per heavy atom. The number of hydrogen-bond donors (Lipinski definition) is 1. The summed E-state index contributed by atoms with van der Waals surface area (Å²) in [5.41, 5.74) is 1.53. The lowest BCUT2D eigenvalue weighted by Gasteiger charge is -2.10. The third kappa shape index (κ3) is 4.49. The molecule has 2 heterocycles. The Labute approximate surface area is 175 Å². The molecule has 2 aromatic carbocycles. The first-order chi connectivity index (χ1) is 14.5. The molecule has 2 aromatic heterocycles. The molecule has 0 saturated carbocycles. The van der Waals surface area contributed by atoms with Gasteiger partial charge in [-0.05, 0) is 60.5 Å². The number of aromatic nitrogens is 3. The van der Waals surface area contributed by atoms with Crippen molar-refractivity contribution >= 4 is 15.7 Å². The molecule has 0 amide bonds. The smallest absolute Gasteiger partial charge is 0.261 e. The molecule has 0 saturated heterocycles. The van der Waals surface area contributed by atoms with Crippen LogP contribution in [0.2, 0.25) is 0 Å². The summed E-state index contributed by atoms with van der Waals surface area (Å²) in [5.74, 6) is 1.60. The van der Waals surface area contributed by atoms with Crippen LogP contribution in [0.3, 0.4) is 0 Å². The number of hydrogen-bond acceptors (Lipinski definition) is 5. The second-order valence-electron chi connectivity index (χ2n) is 6.53. The van der Waals surface area contributed by atoms with E-state index in [1.165, 1.54) is 6.33 Å². The van der Waals surface area contributed by atoms with E-state index in [1.807, 2.05) is 48.1 Å². The quantitative estimate of drug-likeness (QED) is 0.478. The van der Waals surface area contributed by atoms with Crippen molar-refractivity contribution in [2.75, 3.05) is 4.72 Å². The van der Waals surface area contributed by atoms with Crippen molar-refractivity contribution in [1.82, 2.24) is 14.5 Å². The Morgan fingerprint density at radius 3 is 2.33 bits per heavy atom. The van der Waals surface area contributed by atoms with E-state index in [2.05, 4.69) is 14.7 Å². The maximum atomic E-state index is 12.6. The fraction of sp³-hybridized carbons (Fsp3) is 0.0909. The van der Waals surface area contributed by atoms with Crippen LogP contribution < -0.4 is 9.46 Å². The summed E-state index contributed by atoms with van der Waals surface area (Å²) in [4.78, 5) is 8.56. The first-order valence-corrected chi connectivity index (χ1v) is 10.9. The van der Waals surface area contributed by atoms with E-state index < -0.39 is 10.0 Å². The average molecular weight is 420 g/mol. The third-order valence-corrected chi connectivity index (χ3v) is 5.86. The normalized spacial score (nSPS) is 11.2. The second kappa shape index (κ2) is 8.38. The van der Waals surface area contributed by atoms with Gasteiger partial charge in [0.25, 0.3) is 10.0 Å². The lowest BCUT2D eigenvalue weighted by molar-refractivity contribution is 0.461. The number of aryl methyl sites for hydroxylation is 1. The summed E-state index contributed by atoms with van der Waals surface area (Å²) in [6.07, 6.45) is 6.04. The number of benzene rings is 2. The standard InChI is InChI=1S/C22H20N4O3S/c1-2-17-5-11-20(12-6-17)30(27,28)25-18-7-9-19(10-8-18)29-22-15-21(23-16-24-22)26-13-3-4-14-26/h3-16,25H,2H2,1H3. The van der Waals surface area contributed by atoms with Crippen LogP contribution in [0.1, 0.15) is 12.5 Å². The fourth-order valence-corrected chi connectivity index (χ4v) is 3.90. The van der Waals surface area contributed by atoms with E-state index in [4.69, 9.17) is 4.74 Å². The summed E-state index contributed by atoms with van der Waals surface area (Å²) >= 11 is 0. The van der Waals surface area contributed by atoms with Crippen LogP contribution in [0.25, 0.3) is 5.82 Å². The van der Waals surface area contributed by atoms with Crippen LogP contribution in [0.4, 0.5) is 5.69 Å². The van der Waals surface area contributed by atoms with Crippen molar-refractivity contribution in [2.24, 2.45) is 0 Å². The molecule has 0 aliphatic heterocycles. The van der Waals surface area contributed by atoms with Gasteiger partial charge in [0.15, 0.2) is 0 Å². The van der Waals surface area contributed by atoms with Gasteiger partial charge in [0.2, 0.25) is 5.88 Å². The maximum Gasteiger partial charge on any atom is 0.261 e. The molecule has 30 heavy (non-hydrogen) atoms. The van der Waals surface area contributed by atoms with Gasteiger partial charge in [0, 0.05) is 24.1 Å². The van der Waals surface area contributed by atoms with Gasteiger partial charge >= 0.3 is 0 Å². The van der Waals surface area contributed by atoms with Gasteiger partial charge in [-0.15, -0.1) is 0 Å². The van der Waals surface area contributed by atoms with Gasteiger partial charge in [-0.3, -0.25) is 4.72 Å². The molecular formula is C22H20N4O3S. The van der Waals surface area contributed by atoms with Crippen LogP contribution >= 0.6 is 0 Å². The largest absolute Gasteiger partial charge is 0.439 e. The van der Waals surface area contributed by atoms with Gasteiger partial charge in [-0.25, -0.2) is 18.4 Å². The predicted octanol–water partition coefficient (Wildman–Crippen LogP) is 4.42. The number of nitrogens with zero attached hydrogens (tertiary/aromatic N) is 3. The molecule has 0 radical (unpaired) electrons. The zero-order chi connectivity index (χ0) is 21.0. The molecule has 0 unspecified atom stereocenters. The number of ether oxygens (including phenoxy) is 1. The molecule has 0 atom stereocenters. The highest BCUT2D eigenvalue weighted by atomic mass is 32.2. The first kappa shape index (κ1) is 19.7. The molecule has 0 aliphatic carbocycles. The summed E-state index contributed by atoms with van der Waals surface area (Å²) in [6, 6.07) is 19.0. The number of anilines is 1. The highest BCUT2D eigenvalue weighted by Crippen LogP contribution is 2.24. The molecule has 0 fully saturated rings. The zero-order valence-electron chi connectivity index (χ0n) is 16.3. The van der Waals surface area contributed by atoms with Crippen LogP contribution in [0.15, 0.2) is 90.3 Å². The van der Waals surface area contributed by atoms with Crippen molar-refractivity contribution < 1.29 is 13.2 Å². The lowest BCUT2D eigenvalue weighted by Crippen LogP contribution is -2.12. The molecule has 152 valence electrons. The topological polar surface area (TPSA) is 86.1 Å². The summed E-state index contributed by atoms with van der Waals surface area (Å²) in [5, 5.41) is 0. The Bertz CT molecular complexity index is 1220. The molecule has 0 bridgehead atoms. The van der Waals surface area contributed by atoms with Crippen molar-refractivity contribution in [3.05, 3.63) is 91.0 Å². The number of nitrogens with one attached hydrogen (secondary N) is 1. The van der Waals surface area contributed by atoms with Gasteiger partial charge in [-0.1, -0.05) is 19.1 Å². The van der Waals surface area contributed by atoms with E-state index in [0.29, 0.717) is 23.1 Å².